The van der Waals surface area contributed by atoms with Crippen molar-refractivity contribution in [3.05, 3.63) is 70.4 Å². The molecule has 1 fully saturated rings. The van der Waals surface area contributed by atoms with Gasteiger partial charge in [0.15, 0.2) is 0 Å². The maximum atomic E-state index is 9.48. The quantitative estimate of drug-likeness (QED) is 0.592. The molecule has 0 atom stereocenters. The van der Waals surface area contributed by atoms with E-state index < -0.39 is 0 Å². The first-order valence-electron chi connectivity index (χ1n) is 10.6. The van der Waals surface area contributed by atoms with Gasteiger partial charge in [-0.2, -0.15) is 0 Å². The van der Waals surface area contributed by atoms with Crippen LogP contribution in [0.25, 0.3) is 11.3 Å². The van der Waals surface area contributed by atoms with Gasteiger partial charge in [0.25, 0.3) is 0 Å². The smallest absolute Gasteiger partial charge is 0.201 e. The first kappa shape index (κ1) is 20.0. The number of aliphatic imine (C=N–C) groups is 1. The molecule has 5 rings (SSSR count). The van der Waals surface area contributed by atoms with Gasteiger partial charge in [0.2, 0.25) is 5.90 Å². The molecule has 6 heteroatoms. The normalized spacial score (nSPS) is 15.2. The van der Waals surface area contributed by atoms with Gasteiger partial charge in [-0.25, -0.2) is 9.98 Å². The highest BCUT2D eigenvalue weighted by Crippen LogP contribution is 2.36. The lowest BCUT2D eigenvalue weighted by atomic mass is 10.1. The second kappa shape index (κ2) is 8.33. The molecule has 1 aromatic heterocycles. The Bertz CT molecular complexity index is 1150. The van der Waals surface area contributed by atoms with E-state index in [1.165, 1.54) is 18.5 Å². The fraction of sp³-hybridized carbons (Fsp3) is 0.280. The predicted molar refractivity (Wildman–Crippen MR) is 125 cm³/mol. The summed E-state index contributed by atoms with van der Waals surface area (Å²) in [5.74, 6) is 1.23. The van der Waals surface area contributed by atoms with Gasteiger partial charge in [-0.3, -0.25) is 0 Å². The topological polar surface area (TPSA) is 58.0 Å². The van der Waals surface area contributed by atoms with Crippen molar-refractivity contribution in [2.75, 3.05) is 18.0 Å². The highest BCUT2D eigenvalue weighted by molar-refractivity contribution is 6.33. The van der Waals surface area contributed by atoms with E-state index in [0.717, 1.165) is 46.9 Å². The second-order valence-electron chi connectivity index (χ2n) is 8.06. The number of anilines is 1. The minimum Gasteiger partial charge on any atom is -0.443 e. The van der Waals surface area contributed by atoms with Gasteiger partial charge in [0, 0.05) is 24.3 Å². The molecule has 5 nitrogen and oxygen atoms in total. The second-order valence-corrected chi connectivity index (χ2v) is 8.46. The van der Waals surface area contributed by atoms with Crippen molar-refractivity contribution < 1.29 is 9.84 Å². The molecule has 0 amide bonds. The van der Waals surface area contributed by atoms with Crippen LogP contribution < -0.4 is 9.64 Å². The highest BCUT2D eigenvalue weighted by atomic mass is 35.5. The van der Waals surface area contributed by atoms with E-state index in [-0.39, 0.29) is 6.61 Å². The summed E-state index contributed by atoms with van der Waals surface area (Å²) in [5, 5.41) is 10.1. The molecule has 0 radical (unpaired) electrons. The lowest BCUT2D eigenvalue weighted by Crippen LogP contribution is -2.17. The fourth-order valence-electron chi connectivity index (χ4n) is 4.15. The zero-order valence-corrected chi connectivity index (χ0v) is 18.2. The van der Waals surface area contributed by atoms with Crippen molar-refractivity contribution in [3.8, 4) is 17.0 Å². The molecule has 0 saturated carbocycles. The standard InChI is InChI=1S/C25H24ClN3O2/c1-16-4-9-20(12-18(16)15-30)31-24-14-23-22(27-24)13-21(26)25(28-23)17-5-7-19(8-6-17)29-10-2-3-11-29/h4-9,12-13,30H,2-3,10-11,14-15H2,1H3. The Kier molecular flexibility index (Phi) is 5.38. The van der Waals surface area contributed by atoms with E-state index >= 15 is 0 Å². The molecule has 2 aliphatic heterocycles. The van der Waals surface area contributed by atoms with Crippen LogP contribution in [0.4, 0.5) is 11.4 Å². The Morgan fingerprint density at radius 2 is 1.84 bits per heavy atom. The van der Waals surface area contributed by atoms with Crippen LogP contribution in [0.2, 0.25) is 5.02 Å². The van der Waals surface area contributed by atoms with Gasteiger partial charge in [-0.05, 0) is 61.2 Å². The first-order valence-corrected chi connectivity index (χ1v) is 11.0. The molecule has 0 aliphatic carbocycles. The van der Waals surface area contributed by atoms with Crippen molar-refractivity contribution in [2.45, 2.75) is 32.8 Å². The van der Waals surface area contributed by atoms with Crippen LogP contribution in [-0.2, 0) is 13.0 Å². The summed E-state index contributed by atoms with van der Waals surface area (Å²) in [7, 11) is 0. The molecule has 31 heavy (non-hydrogen) atoms. The maximum Gasteiger partial charge on any atom is 0.201 e. The molecule has 0 bridgehead atoms. The minimum atomic E-state index is -0.0210. The monoisotopic (exact) mass is 433 g/mol. The molecule has 3 aromatic rings. The number of hydrogen-bond acceptors (Lipinski definition) is 5. The average Bonchev–Trinajstić information content (AvgIpc) is 3.44. The third kappa shape index (κ3) is 4.03. The number of aromatic nitrogens is 1. The largest absolute Gasteiger partial charge is 0.443 e. The van der Waals surface area contributed by atoms with Crippen LogP contribution >= 0.6 is 11.6 Å². The van der Waals surface area contributed by atoms with Crippen LogP contribution in [0, 0.1) is 6.92 Å². The molecule has 2 aromatic carbocycles. The molecule has 0 spiro atoms. The number of nitrogens with zero attached hydrogens (tertiary/aromatic N) is 3. The highest BCUT2D eigenvalue weighted by Gasteiger charge is 2.21. The maximum absolute atomic E-state index is 9.48. The van der Waals surface area contributed by atoms with Crippen LogP contribution in [0.1, 0.15) is 29.7 Å². The van der Waals surface area contributed by atoms with Crippen LogP contribution in [0.15, 0.2) is 53.5 Å². The van der Waals surface area contributed by atoms with Gasteiger partial charge in [0.05, 0.1) is 35.1 Å². The summed E-state index contributed by atoms with van der Waals surface area (Å²) in [4.78, 5) is 11.8. The van der Waals surface area contributed by atoms with E-state index in [2.05, 4.69) is 34.2 Å². The SMILES string of the molecule is Cc1ccc(OC2=Nc3cc(Cl)c(-c4ccc(N5CCCC5)cc4)nc3C2)cc1CO. The Morgan fingerprint density at radius 1 is 1.06 bits per heavy atom. The van der Waals surface area contributed by atoms with E-state index in [9.17, 15) is 5.11 Å². The molecular weight excluding hydrogens is 410 g/mol. The summed E-state index contributed by atoms with van der Waals surface area (Å²) in [6.07, 6.45) is 3.02. The van der Waals surface area contributed by atoms with Crippen molar-refractivity contribution >= 4 is 28.9 Å². The van der Waals surface area contributed by atoms with Gasteiger partial charge >= 0.3 is 0 Å². The molecule has 3 heterocycles. The molecular formula is C25H24ClN3O2. The molecule has 2 aliphatic rings. The summed E-state index contributed by atoms with van der Waals surface area (Å²) in [5.41, 5.74) is 6.48. The first-order chi connectivity index (χ1) is 15.1. The summed E-state index contributed by atoms with van der Waals surface area (Å²) in [6.45, 7) is 4.19. The number of aliphatic hydroxyl groups excluding tert-OH is 1. The number of benzene rings is 2. The Labute approximate surface area is 187 Å². The summed E-state index contributed by atoms with van der Waals surface area (Å²) < 4.78 is 5.96. The van der Waals surface area contributed by atoms with Gasteiger partial charge in [-0.1, -0.05) is 29.8 Å². The molecule has 158 valence electrons. The minimum absolute atomic E-state index is 0.0210. The van der Waals surface area contributed by atoms with Crippen molar-refractivity contribution in [1.29, 1.82) is 0 Å². The van der Waals surface area contributed by atoms with E-state index in [0.29, 0.717) is 23.1 Å². The van der Waals surface area contributed by atoms with Crippen LogP contribution in [-0.4, -0.2) is 29.1 Å². The summed E-state index contributed by atoms with van der Waals surface area (Å²) >= 11 is 6.56. The van der Waals surface area contributed by atoms with E-state index in [1.54, 1.807) is 0 Å². The average molecular weight is 434 g/mol. The molecule has 1 N–H and O–H groups in total. The van der Waals surface area contributed by atoms with Crippen molar-refractivity contribution in [2.24, 2.45) is 4.99 Å². The predicted octanol–water partition coefficient (Wildman–Crippen LogP) is 5.47. The number of rotatable bonds is 4. The number of aryl methyl sites for hydroxylation is 1. The zero-order valence-electron chi connectivity index (χ0n) is 17.4. The number of ether oxygens (including phenoxy) is 1. The number of pyridine rings is 1. The number of halogens is 1. The Morgan fingerprint density at radius 3 is 2.58 bits per heavy atom. The van der Waals surface area contributed by atoms with Gasteiger partial charge in [-0.15, -0.1) is 0 Å². The van der Waals surface area contributed by atoms with Crippen molar-refractivity contribution in [3.63, 3.8) is 0 Å². The van der Waals surface area contributed by atoms with Gasteiger partial charge in [0.1, 0.15) is 5.75 Å². The Hall–Kier alpha value is -2.89. The van der Waals surface area contributed by atoms with Crippen molar-refractivity contribution in [1.82, 2.24) is 4.98 Å². The Balaban J connectivity index is 1.35. The zero-order chi connectivity index (χ0) is 21.4. The number of aliphatic hydroxyl groups is 1. The van der Waals surface area contributed by atoms with E-state index in [4.69, 9.17) is 21.3 Å². The third-order valence-corrected chi connectivity index (χ3v) is 6.22. The lowest BCUT2D eigenvalue weighted by Gasteiger charge is -2.17. The number of hydrogen-bond donors (Lipinski definition) is 1. The van der Waals surface area contributed by atoms with E-state index in [1.807, 2.05) is 31.2 Å². The third-order valence-electron chi connectivity index (χ3n) is 5.93. The van der Waals surface area contributed by atoms with Gasteiger partial charge < -0.3 is 14.7 Å². The molecule has 0 unspecified atom stereocenters. The summed E-state index contributed by atoms with van der Waals surface area (Å²) in [6, 6.07) is 16.0. The van der Waals surface area contributed by atoms with Crippen LogP contribution in [0.3, 0.4) is 0 Å². The number of fused-ring (bicyclic) bond motifs is 1. The molecule has 1 saturated heterocycles. The fourth-order valence-corrected chi connectivity index (χ4v) is 4.40. The lowest BCUT2D eigenvalue weighted by molar-refractivity contribution is 0.280. The van der Waals surface area contributed by atoms with Crippen LogP contribution in [0.5, 0.6) is 5.75 Å².